The number of hydrogen-bond donors (Lipinski definition) is 1. The lowest BCUT2D eigenvalue weighted by atomic mass is 9.92. The molecular weight excluding hydrogens is 334 g/mol. The zero-order valence-electron chi connectivity index (χ0n) is 14.6. The van der Waals surface area contributed by atoms with Crippen LogP contribution in [0.5, 0.6) is 0 Å². The number of nitrogens with one attached hydrogen (secondary N) is 1. The lowest BCUT2D eigenvalue weighted by Crippen LogP contribution is -2.05. The zero-order valence-corrected chi connectivity index (χ0v) is 14.6. The quantitative estimate of drug-likeness (QED) is 0.680. The van der Waals surface area contributed by atoms with E-state index < -0.39 is 11.6 Å². The van der Waals surface area contributed by atoms with Crippen LogP contribution in [0.15, 0.2) is 40.9 Å². The molecule has 3 nitrogen and oxygen atoms in total. The van der Waals surface area contributed by atoms with E-state index >= 15 is 0 Å². The third kappa shape index (κ3) is 3.09. The van der Waals surface area contributed by atoms with E-state index in [-0.39, 0.29) is 12.1 Å². The molecule has 26 heavy (non-hydrogen) atoms. The summed E-state index contributed by atoms with van der Waals surface area (Å²) in [4.78, 5) is 4.40. The molecule has 134 valence electrons. The highest BCUT2D eigenvalue weighted by Crippen LogP contribution is 2.36. The maximum atomic E-state index is 13.7. The van der Waals surface area contributed by atoms with E-state index in [0.29, 0.717) is 5.82 Å². The molecule has 1 N–H and O–H groups in total. The van der Waals surface area contributed by atoms with E-state index in [0.717, 1.165) is 35.5 Å². The number of halogens is 2. The van der Waals surface area contributed by atoms with Gasteiger partial charge in [0, 0.05) is 41.4 Å². The highest BCUT2D eigenvalue weighted by atomic mass is 19.1. The number of anilines is 1. The van der Waals surface area contributed by atoms with Crippen molar-refractivity contribution in [2.24, 2.45) is 0 Å². The molecule has 0 fully saturated rings. The third-order valence-electron chi connectivity index (χ3n) is 4.91. The fraction of sp³-hybridized carbons (Fsp3) is 0.286. The van der Waals surface area contributed by atoms with Crippen molar-refractivity contribution in [3.8, 4) is 11.1 Å². The molecule has 0 amide bonds. The summed E-state index contributed by atoms with van der Waals surface area (Å²) >= 11 is 0. The molecule has 0 spiro atoms. The number of aryl methyl sites for hydroxylation is 2. The first-order valence-corrected chi connectivity index (χ1v) is 8.88. The van der Waals surface area contributed by atoms with Crippen molar-refractivity contribution < 1.29 is 13.2 Å². The standard InChI is InChI=1S/C21H20F2N2O/c1-13-21(15-5-2-3-8-19(15)26-13)14-9-10-20(24-11-14)25-12-16-17(22)6-4-7-18(16)23/h4,6-7,9-11H,2-3,5,8,12H2,1H3,(H,24,25). The minimum Gasteiger partial charge on any atom is -0.465 e. The Morgan fingerprint density at radius 2 is 1.85 bits per heavy atom. The predicted molar refractivity (Wildman–Crippen MR) is 97.0 cm³/mol. The number of aromatic nitrogens is 1. The van der Waals surface area contributed by atoms with Gasteiger partial charge in [0.15, 0.2) is 0 Å². The lowest BCUT2D eigenvalue weighted by Gasteiger charge is -2.12. The summed E-state index contributed by atoms with van der Waals surface area (Å²) in [5.41, 5.74) is 3.46. The summed E-state index contributed by atoms with van der Waals surface area (Å²) in [5.74, 6) is 1.48. The summed E-state index contributed by atoms with van der Waals surface area (Å²) in [7, 11) is 0. The molecule has 3 aromatic rings. The van der Waals surface area contributed by atoms with E-state index in [4.69, 9.17) is 4.42 Å². The van der Waals surface area contributed by atoms with Crippen molar-refractivity contribution in [2.45, 2.75) is 39.2 Å². The van der Waals surface area contributed by atoms with Crippen LogP contribution >= 0.6 is 0 Å². The maximum Gasteiger partial charge on any atom is 0.131 e. The van der Waals surface area contributed by atoms with Crippen LogP contribution in [0.4, 0.5) is 14.6 Å². The number of rotatable bonds is 4. The summed E-state index contributed by atoms with van der Waals surface area (Å²) in [5, 5.41) is 2.98. The molecular formula is C21H20F2N2O. The largest absolute Gasteiger partial charge is 0.465 e. The number of fused-ring (bicyclic) bond motifs is 1. The average molecular weight is 354 g/mol. The number of pyridine rings is 1. The Morgan fingerprint density at radius 3 is 2.58 bits per heavy atom. The van der Waals surface area contributed by atoms with Crippen molar-refractivity contribution in [1.29, 1.82) is 0 Å². The fourth-order valence-electron chi connectivity index (χ4n) is 3.61. The molecule has 0 unspecified atom stereocenters. The molecule has 0 radical (unpaired) electrons. The van der Waals surface area contributed by atoms with Gasteiger partial charge in [-0.2, -0.15) is 0 Å². The van der Waals surface area contributed by atoms with Gasteiger partial charge in [0.1, 0.15) is 29.0 Å². The summed E-state index contributed by atoms with van der Waals surface area (Å²) < 4.78 is 33.3. The minimum atomic E-state index is -0.560. The van der Waals surface area contributed by atoms with Crippen LogP contribution in [0.25, 0.3) is 11.1 Å². The topological polar surface area (TPSA) is 38.1 Å². The van der Waals surface area contributed by atoms with Gasteiger partial charge in [0.25, 0.3) is 0 Å². The van der Waals surface area contributed by atoms with Crippen LogP contribution in [0.2, 0.25) is 0 Å². The van der Waals surface area contributed by atoms with Crippen LogP contribution in [0.3, 0.4) is 0 Å². The summed E-state index contributed by atoms with van der Waals surface area (Å²) in [6.45, 7) is 2.03. The molecule has 0 bridgehead atoms. The molecule has 0 saturated carbocycles. The third-order valence-corrected chi connectivity index (χ3v) is 4.91. The van der Waals surface area contributed by atoms with E-state index in [1.165, 1.54) is 36.6 Å². The van der Waals surface area contributed by atoms with Crippen molar-refractivity contribution in [2.75, 3.05) is 5.32 Å². The van der Waals surface area contributed by atoms with Crippen molar-refractivity contribution in [1.82, 2.24) is 4.98 Å². The Bertz CT molecular complexity index is 912. The number of hydrogen-bond acceptors (Lipinski definition) is 3. The monoisotopic (exact) mass is 354 g/mol. The smallest absolute Gasteiger partial charge is 0.131 e. The fourth-order valence-corrected chi connectivity index (χ4v) is 3.61. The van der Waals surface area contributed by atoms with E-state index in [2.05, 4.69) is 10.3 Å². The molecule has 4 rings (SSSR count). The van der Waals surface area contributed by atoms with Gasteiger partial charge in [-0.3, -0.25) is 0 Å². The van der Waals surface area contributed by atoms with Crippen molar-refractivity contribution in [3.05, 3.63) is 70.8 Å². The van der Waals surface area contributed by atoms with Gasteiger partial charge >= 0.3 is 0 Å². The zero-order chi connectivity index (χ0) is 18.1. The first-order chi connectivity index (χ1) is 12.6. The van der Waals surface area contributed by atoms with Gasteiger partial charge in [0.2, 0.25) is 0 Å². The molecule has 1 aromatic carbocycles. The Kier molecular flexibility index (Phi) is 4.45. The maximum absolute atomic E-state index is 13.7. The minimum absolute atomic E-state index is 0.0122. The van der Waals surface area contributed by atoms with Crippen LogP contribution in [-0.4, -0.2) is 4.98 Å². The van der Waals surface area contributed by atoms with Gasteiger partial charge in [-0.15, -0.1) is 0 Å². The van der Waals surface area contributed by atoms with Crippen LogP contribution in [0.1, 0.15) is 35.5 Å². The lowest BCUT2D eigenvalue weighted by molar-refractivity contribution is 0.458. The predicted octanol–water partition coefficient (Wildman–Crippen LogP) is 5.42. The molecule has 2 aromatic heterocycles. The van der Waals surface area contributed by atoms with E-state index in [1.54, 1.807) is 6.20 Å². The van der Waals surface area contributed by atoms with Gasteiger partial charge in [-0.05, 0) is 50.5 Å². The first kappa shape index (κ1) is 16.8. The highest BCUT2D eigenvalue weighted by molar-refractivity contribution is 5.71. The van der Waals surface area contributed by atoms with Crippen LogP contribution in [-0.2, 0) is 19.4 Å². The highest BCUT2D eigenvalue weighted by Gasteiger charge is 2.21. The molecule has 1 aliphatic rings. The molecule has 0 saturated heterocycles. The van der Waals surface area contributed by atoms with Gasteiger partial charge < -0.3 is 9.73 Å². The Morgan fingerprint density at radius 1 is 1.08 bits per heavy atom. The van der Waals surface area contributed by atoms with Crippen molar-refractivity contribution in [3.63, 3.8) is 0 Å². The molecule has 1 aliphatic carbocycles. The average Bonchev–Trinajstić information content (AvgIpc) is 2.97. The molecule has 0 atom stereocenters. The normalized spacial score (nSPS) is 13.5. The number of benzene rings is 1. The molecule has 5 heteroatoms. The van der Waals surface area contributed by atoms with E-state index in [1.807, 2.05) is 19.1 Å². The second kappa shape index (κ2) is 6.90. The van der Waals surface area contributed by atoms with Gasteiger partial charge in [-0.1, -0.05) is 6.07 Å². The SMILES string of the molecule is Cc1oc2c(c1-c1ccc(NCc3c(F)cccc3F)nc1)CCCC2. The molecule has 2 heterocycles. The van der Waals surface area contributed by atoms with Gasteiger partial charge in [0.05, 0.1) is 0 Å². The summed E-state index contributed by atoms with van der Waals surface area (Å²) in [6.07, 6.45) is 6.17. The molecule has 0 aliphatic heterocycles. The van der Waals surface area contributed by atoms with E-state index in [9.17, 15) is 8.78 Å². The first-order valence-electron chi connectivity index (χ1n) is 8.88. The van der Waals surface area contributed by atoms with Crippen molar-refractivity contribution >= 4 is 5.82 Å². The Balaban J connectivity index is 1.54. The van der Waals surface area contributed by atoms with Crippen LogP contribution < -0.4 is 5.32 Å². The van der Waals surface area contributed by atoms with Crippen LogP contribution in [0, 0.1) is 18.6 Å². The number of furan rings is 1. The summed E-state index contributed by atoms with van der Waals surface area (Å²) in [6, 6.07) is 7.66. The Labute approximate surface area is 151 Å². The Hall–Kier alpha value is -2.69. The number of nitrogens with zero attached hydrogens (tertiary/aromatic N) is 1. The second-order valence-electron chi connectivity index (χ2n) is 6.63. The second-order valence-corrected chi connectivity index (χ2v) is 6.63. The van der Waals surface area contributed by atoms with Gasteiger partial charge in [-0.25, -0.2) is 13.8 Å².